The molecule has 12 heavy (non-hydrogen) atoms. The Morgan fingerprint density at radius 3 is 3.08 bits per heavy atom. The van der Waals surface area contributed by atoms with E-state index in [9.17, 15) is 4.79 Å². The van der Waals surface area contributed by atoms with Crippen LogP contribution in [0.25, 0.3) is 0 Å². The van der Waals surface area contributed by atoms with E-state index in [2.05, 4.69) is 0 Å². The molecule has 1 N–H and O–H groups in total. The first kappa shape index (κ1) is 8.05. The predicted molar refractivity (Wildman–Crippen MR) is 42.9 cm³/mol. The highest BCUT2D eigenvalue weighted by Crippen LogP contribution is 2.43. The third-order valence-corrected chi connectivity index (χ3v) is 2.97. The largest absolute Gasteiger partial charge is 0.481 e. The smallest absolute Gasteiger partial charge is 0.306 e. The lowest BCUT2D eigenvalue weighted by atomic mass is 9.91. The van der Waals surface area contributed by atoms with Crippen LogP contribution in [0.3, 0.4) is 0 Å². The van der Waals surface area contributed by atoms with Gasteiger partial charge < -0.3 is 9.84 Å². The molecule has 68 valence electrons. The lowest BCUT2D eigenvalue weighted by Crippen LogP contribution is -2.35. The highest BCUT2D eigenvalue weighted by molar-refractivity contribution is 5.68. The Bertz CT molecular complexity index is 198. The van der Waals surface area contributed by atoms with Gasteiger partial charge in [0.05, 0.1) is 18.1 Å². The zero-order chi connectivity index (χ0) is 8.60. The van der Waals surface area contributed by atoms with E-state index in [4.69, 9.17) is 9.84 Å². The fraction of sp³-hybridized carbons (Fsp3) is 0.889. The lowest BCUT2D eigenvalue weighted by molar-refractivity contribution is -0.148. The number of aliphatic carboxylic acids is 1. The van der Waals surface area contributed by atoms with E-state index in [1.807, 2.05) is 0 Å². The summed E-state index contributed by atoms with van der Waals surface area (Å²) in [6, 6.07) is 0. The number of carboxylic acids is 1. The molecule has 0 saturated carbocycles. The van der Waals surface area contributed by atoms with Gasteiger partial charge in [-0.05, 0) is 32.1 Å². The number of ether oxygens (including phenoxy) is 1. The Kier molecular flexibility index (Phi) is 1.83. The molecule has 2 bridgehead atoms. The van der Waals surface area contributed by atoms with Gasteiger partial charge in [-0.25, -0.2) is 0 Å². The molecular weight excluding hydrogens is 156 g/mol. The second-order valence-electron chi connectivity index (χ2n) is 3.92. The number of carboxylic acid groups (broad SMARTS) is 1. The van der Waals surface area contributed by atoms with Crippen molar-refractivity contribution in [1.82, 2.24) is 0 Å². The van der Waals surface area contributed by atoms with Crippen LogP contribution in [0, 0.1) is 0 Å². The number of hydrogen-bond donors (Lipinski definition) is 1. The van der Waals surface area contributed by atoms with Gasteiger partial charge in [0.2, 0.25) is 0 Å². The summed E-state index contributed by atoms with van der Waals surface area (Å²) in [6.45, 7) is 0. The van der Waals surface area contributed by atoms with Crippen LogP contribution in [0.1, 0.15) is 38.5 Å². The summed E-state index contributed by atoms with van der Waals surface area (Å²) >= 11 is 0. The number of rotatable bonds is 2. The maximum absolute atomic E-state index is 10.6. The molecule has 0 radical (unpaired) electrons. The van der Waals surface area contributed by atoms with E-state index in [0.29, 0.717) is 6.10 Å². The van der Waals surface area contributed by atoms with Crippen molar-refractivity contribution in [2.24, 2.45) is 0 Å². The monoisotopic (exact) mass is 170 g/mol. The van der Waals surface area contributed by atoms with Crippen LogP contribution >= 0.6 is 0 Å². The molecule has 0 spiro atoms. The van der Waals surface area contributed by atoms with Crippen molar-refractivity contribution in [3.8, 4) is 0 Å². The van der Waals surface area contributed by atoms with Crippen LogP contribution in [0.15, 0.2) is 0 Å². The van der Waals surface area contributed by atoms with E-state index in [0.717, 1.165) is 32.1 Å². The SMILES string of the molecule is O=C(O)CC12CCCC(CC1)O2. The van der Waals surface area contributed by atoms with Gasteiger partial charge in [0.15, 0.2) is 0 Å². The zero-order valence-corrected chi connectivity index (χ0v) is 7.08. The summed E-state index contributed by atoms with van der Waals surface area (Å²) in [7, 11) is 0. The van der Waals surface area contributed by atoms with Crippen LogP contribution < -0.4 is 0 Å². The summed E-state index contributed by atoms with van der Waals surface area (Å²) in [5.74, 6) is -0.724. The molecule has 2 aliphatic rings. The van der Waals surface area contributed by atoms with Gasteiger partial charge in [0.1, 0.15) is 0 Å². The topological polar surface area (TPSA) is 46.5 Å². The number of hydrogen-bond acceptors (Lipinski definition) is 2. The quantitative estimate of drug-likeness (QED) is 0.684. The molecule has 2 heterocycles. The molecule has 2 unspecified atom stereocenters. The van der Waals surface area contributed by atoms with Crippen LogP contribution in [0.4, 0.5) is 0 Å². The van der Waals surface area contributed by atoms with E-state index >= 15 is 0 Å². The van der Waals surface area contributed by atoms with Crippen LogP contribution in [0.5, 0.6) is 0 Å². The van der Waals surface area contributed by atoms with Gasteiger partial charge in [-0.2, -0.15) is 0 Å². The number of carbonyl (C=O) groups is 1. The van der Waals surface area contributed by atoms with Crippen molar-refractivity contribution >= 4 is 5.97 Å². The average molecular weight is 170 g/mol. The van der Waals surface area contributed by atoms with E-state index in [1.54, 1.807) is 0 Å². The Morgan fingerprint density at radius 2 is 2.33 bits per heavy atom. The van der Waals surface area contributed by atoms with Crippen LogP contribution in [-0.4, -0.2) is 22.8 Å². The van der Waals surface area contributed by atoms with Crippen LogP contribution in [-0.2, 0) is 9.53 Å². The molecule has 0 amide bonds. The normalized spacial score (nSPS) is 39.8. The Labute approximate surface area is 71.7 Å². The number of fused-ring (bicyclic) bond motifs is 2. The second kappa shape index (κ2) is 2.73. The Morgan fingerprint density at radius 1 is 1.50 bits per heavy atom. The van der Waals surface area contributed by atoms with Gasteiger partial charge in [-0.15, -0.1) is 0 Å². The summed E-state index contributed by atoms with van der Waals surface area (Å²) in [4.78, 5) is 10.6. The summed E-state index contributed by atoms with van der Waals surface area (Å²) in [5, 5.41) is 8.70. The van der Waals surface area contributed by atoms with Gasteiger partial charge in [0.25, 0.3) is 0 Å². The van der Waals surface area contributed by atoms with Gasteiger partial charge in [-0.3, -0.25) is 4.79 Å². The maximum atomic E-state index is 10.6. The molecule has 3 nitrogen and oxygen atoms in total. The van der Waals surface area contributed by atoms with Gasteiger partial charge in [-0.1, -0.05) is 0 Å². The van der Waals surface area contributed by atoms with Crippen LogP contribution in [0.2, 0.25) is 0 Å². The Hall–Kier alpha value is -0.570. The lowest BCUT2D eigenvalue weighted by Gasteiger charge is -2.32. The molecule has 2 rings (SSSR count). The molecule has 2 saturated heterocycles. The molecule has 2 fully saturated rings. The second-order valence-corrected chi connectivity index (χ2v) is 3.92. The summed E-state index contributed by atoms with van der Waals surface area (Å²) < 4.78 is 5.71. The summed E-state index contributed by atoms with van der Waals surface area (Å²) in [5.41, 5.74) is -0.283. The van der Waals surface area contributed by atoms with Crippen molar-refractivity contribution in [3.63, 3.8) is 0 Å². The van der Waals surface area contributed by atoms with Crippen molar-refractivity contribution < 1.29 is 14.6 Å². The third kappa shape index (κ3) is 1.33. The third-order valence-electron chi connectivity index (χ3n) is 2.97. The fourth-order valence-corrected chi connectivity index (χ4v) is 2.43. The first-order valence-electron chi connectivity index (χ1n) is 4.60. The molecule has 0 aromatic carbocycles. The maximum Gasteiger partial charge on any atom is 0.306 e. The highest BCUT2D eigenvalue weighted by atomic mass is 16.5. The highest BCUT2D eigenvalue weighted by Gasteiger charge is 2.44. The molecule has 0 aromatic rings. The fourth-order valence-electron chi connectivity index (χ4n) is 2.43. The molecule has 3 heteroatoms. The van der Waals surface area contributed by atoms with Crippen molar-refractivity contribution in [2.45, 2.75) is 50.2 Å². The van der Waals surface area contributed by atoms with E-state index in [-0.39, 0.29) is 12.0 Å². The molecule has 0 aliphatic carbocycles. The predicted octanol–water partition coefficient (Wildman–Crippen LogP) is 1.56. The summed E-state index contributed by atoms with van der Waals surface area (Å²) in [6.07, 6.45) is 5.77. The standard InChI is InChI=1S/C9H14O3/c10-8(11)6-9-4-1-2-7(12-9)3-5-9/h7H,1-6H2,(H,10,11). The van der Waals surface area contributed by atoms with E-state index in [1.165, 1.54) is 0 Å². The molecule has 2 aliphatic heterocycles. The first-order valence-corrected chi connectivity index (χ1v) is 4.60. The molecule has 0 aromatic heterocycles. The van der Waals surface area contributed by atoms with Gasteiger partial charge >= 0.3 is 5.97 Å². The van der Waals surface area contributed by atoms with Crippen molar-refractivity contribution in [3.05, 3.63) is 0 Å². The minimum atomic E-state index is -0.724. The Balaban J connectivity index is 2.05. The zero-order valence-electron chi connectivity index (χ0n) is 7.08. The minimum Gasteiger partial charge on any atom is -0.481 e. The first-order chi connectivity index (χ1) is 5.70. The van der Waals surface area contributed by atoms with Crippen molar-refractivity contribution in [2.75, 3.05) is 0 Å². The molecular formula is C9H14O3. The van der Waals surface area contributed by atoms with E-state index < -0.39 is 5.97 Å². The minimum absolute atomic E-state index is 0.198. The van der Waals surface area contributed by atoms with Gasteiger partial charge in [0, 0.05) is 0 Å². The van der Waals surface area contributed by atoms with Crippen molar-refractivity contribution in [1.29, 1.82) is 0 Å². The average Bonchev–Trinajstić information content (AvgIpc) is 2.25. The molecule has 2 atom stereocenters.